The number of ether oxygens (including phenoxy) is 1. The van der Waals surface area contributed by atoms with Crippen molar-refractivity contribution in [3.8, 4) is 0 Å². The summed E-state index contributed by atoms with van der Waals surface area (Å²) in [5, 5.41) is 3.60. The molecule has 0 amide bonds. The number of hydrogen-bond donors (Lipinski definition) is 1. The Hall–Kier alpha value is -0.120. The molecule has 3 heteroatoms. The number of methoxy groups -OCH3 is 1. The van der Waals surface area contributed by atoms with E-state index in [9.17, 15) is 0 Å². The summed E-state index contributed by atoms with van der Waals surface area (Å²) in [6.45, 7) is 13.9. The van der Waals surface area contributed by atoms with Crippen molar-refractivity contribution in [3.05, 3.63) is 0 Å². The molecule has 1 heterocycles. The van der Waals surface area contributed by atoms with E-state index in [1.165, 1.54) is 45.3 Å². The molecule has 0 spiro atoms. The van der Waals surface area contributed by atoms with Gasteiger partial charge in [-0.05, 0) is 56.7 Å². The summed E-state index contributed by atoms with van der Waals surface area (Å²) < 4.78 is 5.28. The van der Waals surface area contributed by atoms with Crippen LogP contribution in [-0.4, -0.2) is 51.3 Å². The number of piperidine rings is 1. The third-order valence-electron chi connectivity index (χ3n) is 4.55. The first-order chi connectivity index (χ1) is 9.13. The lowest BCUT2D eigenvalue weighted by Crippen LogP contribution is -2.45. The molecule has 1 fully saturated rings. The first kappa shape index (κ1) is 16.9. The highest BCUT2D eigenvalue weighted by atomic mass is 16.5. The smallest absolute Gasteiger partial charge is 0.0491 e. The van der Waals surface area contributed by atoms with E-state index in [-0.39, 0.29) is 0 Å². The van der Waals surface area contributed by atoms with Gasteiger partial charge in [-0.25, -0.2) is 0 Å². The van der Waals surface area contributed by atoms with Gasteiger partial charge in [0.05, 0.1) is 0 Å². The quantitative estimate of drug-likeness (QED) is 0.652. The standard InChI is InChI=1S/C16H34N2O/c1-5-9-17-13-16(3,6-2)14-18-10-7-15(8-11-18)12-19-4/h15,17H,5-14H2,1-4H3. The van der Waals surface area contributed by atoms with Crippen LogP contribution in [0.4, 0.5) is 0 Å². The SMILES string of the molecule is CCCNCC(C)(CC)CN1CCC(COC)CC1. The van der Waals surface area contributed by atoms with Crippen molar-refractivity contribution in [1.82, 2.24) is 10.2 Å². The van der Waals surface area contributed by atoms with Gasteiger partial charge in [-0.2, -0.15) is 0 Å². The van der Waals surface area contributed by atoms with Crippen LogP contribution in [0.25, 0.3) is 0 Å². The Bertz CT molecular complexity index is 227. The molecule has 0 aliphatic carbocycles. The Morgan fingerprint density at radius 2 is 1.95 bits per heavy atom. The zero-order chi connectivity index (χ0) is 14.1. The largest absolute Gasteiger partial charge is 0.384 e. The van der Waals surface area contributed by atoms with E-state index in [0.29, 0.717) is 5.41 Å². The molecule has 0 saturated carbocycles. The zero-order valence-corrected chi connectivity index (χ0v) is 13.5. The lowest BCUT2D eigenvalue weighted by Gasteiger charge is -2.39. The van der Waals surface area contributed by atoms with E-state index in [2.05, 4.69) is 31.0 Å². The van der Waals surface area contributed by atoms with Crippen molar-refractivity contribution < 1.29 is 4.74 Å². The second-order valence-corrected chi connectivity index (χ2v) is 6.52. The summed E-state index contributed by atoms with van der Waals surface area (Å²) in [4.78, 5) is 2.66. The van der Waals surface area contributed by atoms with E-state index in [0.717, 1.165) is 25.6 Å². The summed E-state index contributed by atoms with van der Waals surface area (Å²) in [6, 6.07) is 0. The Balaban J connectivity index is 2.31. The van der Waals surface area contributed by atoms with Crippen molar-refractivity contribution in [2.75, 3.05) is 46.4 Å². The first-order valence-electron chi connectivity index (χ1n) is 8.05. The maximum atomic E-state index is 5.28. The first-order valence-corrected chi connectivity index (χ1v) is 8.05. The van der Waals surface area contributed by atoms with Gasteiger partial charge in [0, 0.05) is 26.8 Å². The number of nitrogens with one attached hydrogen (secondary N) is 1. The highest BCUT2D eigenvalue weighted by Crippen LogP contribution is 2.25. The van der Waals surface area contributed by atoms with Gasteiger partial charge in [-0.1, -0.05) is 20.8 Å². The molecule has 0 aromatic heterocycles. The third-order valence-corrected chi connectivity index (χ3v) is 4.55. The van der Waals surface area contributed by atoms with Crippen LogP contribution in [0.15, 0.2) is 0 Å². The third kappa shape index (κ3) is 6.24. The van der Waals surface area contributed by atoms with Crippen LogP contribution in [0.1, 0.15) is 46.5 Å². The fraction of sp³-hybridized carbons (Fsp3) is 1.00. The molecule has 114 valence electrons. The van der Waals surface area contributed by atoms with E-state index in [4.69, 9.17) is 4.74 Å². The summed E-state index contributed by atoms with van der Waals surface area (Å²) in [6.07, 6.45) is 5.08. The lowest BCUT2D eigenvalue weighted by molar-refractivity contribution is 0.0758. The van der Waals surface area contributed by atoms with Gasteiger partial charge in [0.15, 0.2) is 0 Å². The highest BCUT2D eigenvalue weighted by molar-refractivity contribution is 4.82. The highest BCUT2D eigenvalue weighted by Gasteiger charge is 2.27. The minimum absolute atomic E-state index is 0.420. The number of nitrogens with zero attached hydrogens (tertiary/aromatic N) is 1. The fourth-order valence-corrected chi connectivity index (χ4v) is 2.95. The molecular formula is C16H34N2O. The van der Waals surface area contributed by atoms with Crippen LogP contribution in [0.3, 0.4) is 0 Å². The summed E-state index contributed by atoms with van der Waals surface area (Å²) in [5.41, 5.74) is 0.420. The van der Waals surface area contributed by atoms with Gasteiger partial charge in [0.2, 0.25) is 0 Å². The monoisotopic (exact) mass is 270 g/mol. The van der Waals surface area contributed by atoms with Crippen LogP contribution in [0.2, 0.25) is 0 Å². The molecule has 0 aromatic rings. The van der Waals surface area contributed by atoms with Crippen molar-refractivity contribution in [2.24, 2.45) is 11.3 Å². The van der Waals surface area contributed by atoms with Crippen molar-refractivity contribution in [3.63, 3.8) is 0 Å². The van der Waals surface area contributed by atoms with E-state index in [1.807, 2.05) is 7.11 Å². The molecule has 1 saturated heterocycles. The number of hydrogen-bond acceptors (Lipinski definition) is 3. The Morgan fingerprint density at radius 1 is 1.26 bits per heavy atom. The van der Waals surface area contributed by atoms with Gasteiger partial charge in [0.25, 0.3) is 0 Å². The Morgan fingerprint density at radius 3 is 2.47 bits per heavy atom. The second-order valence-electron chi connectivity index (χ2n) is 6.52. The molecule has 0 bridgehead atoms. The fourth-order valence-electron chi connectivity index (χ4n) is 2.95. The zero-order valence-electron chi connectivity index (χ0n) is 13.5. The topological polar surface area (TPSA) is 24.5 Å². The van der Waals surface area contributed by atoms with Crippen molar-refractivity contribution in [1.29, 1.82) is 0 Å². The van der Waals surface area contributed by atoms with Gasteiger partial charge in [-0.3, -0.25) is 0 Å². The minimum atomic E-state index is 0.420. The normalized spacial score (nSPS) is 21.5. The lowest BCUT2D eigenvalue weighted by atomic mass is 9.85. The molecule has 3 nitrogen and oxygen atoms in total. The predicted molar refractivity (Wildman–Crippen MR) is 82.6 cm³/mol. The molecule has 1 unspecified atom stereocenters. The van der Waals surface area contributed by atoms with Crippen LogP contribution >= 0.6 is 0 Å². The molecule has 19 heavy (non-hydrogen) atoms. The van der Waals surface area contributed by atoms with E-state index < -0.39 is 0 Å². The van der Waals surface area contributed by atoms with Crippen molar-refractivity contribution >= 4 is 0 Å². The summed E-state index contributed by atoms with van der Waals surface area (Å²) in [7, 11) is 1.82. The van der Waals surface area contributed by atoms with E-state index >= 15 is 0 Å². The molecule has 0 aromatic carbocycles. The van der Waals surface area contributed by atoms with Gasteiger partial charge >= 0.3 is 0 Å². The average Bonchev–Trinajstić information content (AvgIpc) is 2.42. The summed E-state index contributed by atoms with van der Waals surface area (Å²) >= 11 is 0. The van der Waals surface area contributed by atoms with Gasteiger partial charge in [-0.15, -0.1) is 0 Å². The Kier molecular flexibility index (Phi) is 7.96. The maximum Gasteiger partial charge on any atom is 0.0491 e. The van der Waals surface area contributed by atoms with Crippen molar-refractivity contribution in [2.45, 2.75) is 46.5 Å². The molecule has 1 atom stereocenters. The van der Waals surface area contributed by atoms with Gasteiger partial charge < -0.3 is 15.0 Å². The second kappa shape index (κ2) is 8.93. The van der Waals surface area contributed by atoms with Crippen LogP contribution < -0.4 is 5.32 Å². The molecule has 1 aliphatic rings. The minimum Gasteiger partial charge on any atom is -0.384 e. The number of rotatable bonds is 9. The average molecular weight is 270 g/mol. The molecular weight excluding hydrogens is 236 g/mol. The molecule has 1 N–H and O–H groups in total. The van der Waals surface area contributed by atoms with Gasteiger partial charge in [0.1, 0.15) is 0 Å². The van der Waals surface area contributed by atoms with Crippen LogP contribution in [0.5, 0.6) is 0 Å². The number of likely N-dealkylation sites (tertiary alicyclic amines) is 1. The summed E-state index contributed by atoms with van der Waals surface area (Å²) in [5.74, 6) is 0.785. The maximum absolute atomic E-state index is 5.28. The Labute approximate surface area is 120 Å². The molecule has 1 aliphatic heterocycles. The molecule has 1 rings (SSSR count). The van der Waals surface area contributed by atoms with Crippen LogP contribution in [0, 0.1) is 11.3 Å². The van der Waals surface area contributed by atoms with Crippen LogP contribution in [-0.2, 0) is 4.74 Å². The van der Waals surface area contributed by atoms with E-state index in [1.54, 1.807) is 0 Å². The predicted octanol–water partition coefficient (Wildman–Crippen LogP) is 2.76. The molecule has 0 radical (unpaired) electrons.